The maximum atomic E-state index is 12.4. The van der Waals surface area contributed by atoms with Crippen molar-refractivity contribution >= 4 is 49.1 Å². The van der Waals surface area contributed by atoms with Gasteiger partial charge in [0.25, 0.3) is 15.9 Å². The van der Waals surface area contributed by atoms with Gasteiger partial charge in [0.15, 0.2) is 5.84 Å². The van der Waals surface area contributed by atoms with Crippen molar-refractivity contribution in [1.29, 1.82) is 0 Å². The van der Waals surface area contributed by atoms with E-state index in [1.807, 2.05) is 12.1 Å². The van der Waals surface area contributed by atoms with Crippen LogP contribution in [0.1, 0.15) is 15.9 Å². The predicted octanol–water partition coefficient (Wildman–Crippen LogP) is 4.26. The molecule has 140 valence electrons. The fourth-order valence-electron chi connectivity index (χ4n) is 2.77. The molecule has 0 atom stereocenters. The van der Waals surface area contributed by atoms with Crippen LogP contribution >= 0.6 is 15.9 Å². The maximum Gasteiger partial charge on any atom is 0.285 e. The average molecular weight is 456 g/mol. The van der Waals surface area contributed by atoms with Crippen LogP contribution in [0.4, 0.5) is 11.4 Å². The summed E-state index contributed by atoms with van der Waals surface area (Å²) in [6.07, 6.45) is 0. The topological polar surface area (TPSA) is 87.6 Å². The zero-order valence-corrected chi connectivity index (χ0v) is 16.8. The molecule has 8 heteroatoms. The third kappa shape index (κ3) is 3.69. The Labute approximate surface area is 170 Å². The second kappa shape index (κ2) is 7.21. The molecule has 0 fully saturated rings. The van der Waals surface area contributed by atoms with Gasteiger partial charge in [-0.1, -0.05) is 28.1 Å². The molecule has 1 aliphatic rings. The Bertz CT molecular complexity index is 1190. The summed E-state index contributed by atoms with van der Waals surface area (Å²) in [5.74, 6) is 0.0302. The van der Waals surface area contributed by atoms with Crippen LogP contribution in [-0.4, -0.2) is 20.2 Å². The molecular weight excluding hydrogens is 442 g/mol. The van der Waals surface area contributed by atoms with Crippen molar-refractivity contribution < 1.29 is 13.2 Å². The van der Waals surface area contributed by atoms with Gasteiger partial charge in [-0.05, 0) is 60.7 Å². The van der Waals surface area contributed by atoms with Crippen LogP contribution in [0.5, 0.6) is 0 Å². The molecule has 0 unspecified atom stereocenters. The second-order valence-corrected chi connectivity index (χ2v) is 8.56. The Morgan fingerprint density at radius 1 is 0.857 bits per heavy atom. The number of carbonyl (C=O) groups is 1. The van der Waals surface area contributed by atoms with E-state index in [2.05, 4.69) is 31.0 Å². The molecule has 0 aromatic heterocycles. The molecule has 1 aliphatic heterocycles. The number of carbonyl (C=O) groups excluding carboxylic acids is 1. The monoisotopic (exact) mass is 455 g/mol. The number of nitrogens with zero attached hydrogens (tertiary/aromatic N) is 1. The molecule has 0 aliphatic carbocycles. The third-order valence-corrected chi connectivity index (χ3v) is 6.01. The highest BCUT2D eigenvalue weighted by molar-refractivity contribution is 9.10. The Morgan fingerprint density at radius 2 is 1.50 bits per heavy atom. The summed E-state index contributed by atoms with van der Waals surface area (Å²) in [7, 11) is -3.68. The van der Waals surface area contributed by atoms with E-state index in [0.717, 1.165) is 4.47 Å². The highest BCUT2D eigenvalue weighted by Gasteiger charge is 2.28. The lowest BCUT2D eigenvalue weighted by Crippen LogP contribution is -2.13. The summed E-state index contributed by atoms with van der Waals surface area (Å²) >= 11 is 3.35. The fourth-order valence-corrected chi connectivity index (χ4v) is 4.21. The Balaban J connectivity index is 1.50. The Kier molecular flexibility index (Phi) is 4.74. The second-order valence-electron chi connectivity index (χ2n) is 6.07. The van der Waals surface area contributed by atoms with Crippen LogP contribution in [-0.2, 0) is 10.0 Å². The van der Waals surface area contributed by atoms with Crippen molar-refractivity contribution in [2.75, 3.05) is 10.6 Å². The minimum atomic E-state index is -3.68. The van der Waals surface area contributed by atoms with Gasteiger partial charge in [0, 0.05) is 27.0 Å². The number of sulfonamides is 1. The van der Waals surface area contributed by atoms with E-state index in [4.69, 9.17) is 0 Å². The molecule has 1 amide bonds. The normalized spacial score (nSPS) is 14.1. The van der Waals surface area contributed by atoms with Crippen LogP contribution in [0.2, 0.25) is 0 Å². The fraction of sp³-hybridized carbons (Fsp3) is 0. The molecule has 0 radical (unpaired) electrons. The van der Waals surface area contributed by atoms with Gasteiger partial charge in [0.2, 0.25) is 0 Å². The first-order chi connectivity index (χ1) is 13.4. The molecule has 0 saturated carbocycles. The molecule has 1 heterocycles. The number of rotatable bonds is 3. The molecule has 6 nitrogen and oxygen atoms in total. The van der Waals surface area contributed by atoms with Crippen LogP contribution in [0, 0.1) is 0 Å². The van der Waals surface area contributed by atoms with Crippen molar-refractivity contribution in [2.45, 2.75) is 4.90 Å². The van der Waals surface area contributed by atoms with E-state index >= 15 is 0 Å². The van der Waals surface area contributed by atoms with Gasteiger partial charge in [0.1, 0.15) is 4.90 Å². The minimum Gasteiger partial charge on any atom is -0.339 e. The van der Waals surface area contributed by atoms with Crippen LogP contribution in [0.25, 0.3) is 0 Å². The van der Waals surface area contributed by atoms with Crippen LogP contribution in [0.3, 0.4) is 0 Å². The number of amides is 1. The zero-order chi connectivity index (χ0) is 19.7. The van der Waals surface area contributed by atoms with Gasteiger partial charge in [-0.25, -0.2) is 0 Å². The largest absolute Gasteiger partial charge is 0.339 e. The highest BCUT2D eigenvalue weighted by Crippen LogP contribution is 2.26. The lowest BCUT2D eigenvalue weighted by Gasteiger charge is -2.08. The Hall–Kier alpha value is -2.97. The van der Waals surface area contributed by atoms with Gasteiger partial charge < -0.3 is 10.6 Å². The van der Waals surface area contributed by atoms with E-state index in [0.29, 0.717) is 22.5 Å². The maximum absolute atomic E-state index is 12.4. The summed E-state index contributed by atoms with van der Waals surface area (Å²) in [5.41, 5.74) is 2.33. The quantitative estimate of drug-likeness (QED) is 0.617. The van der Waals surface area contributed by atoms with E-state index < -0.39 is 10.0 Å². The number of nitrogens with one attached hydrogen (secondary N) is 2. The summed E-state index contributed by atoms with van der Waals surface area (Å²) in [6, 6.07) is 20.7. The first-order valence-corrected chi connectivity index (χ1v) is 10.5. The molecule has 28 heavy (non-hydrogen) atoms. The van der Waals surface area contributed by atoms with Crippen LogP contribution < -0.4 is 10.6 Å². The lowest BCUT2D eigenvalue weighted by molar-refractivity contribution is 0.102. The first kappa shape index (κ1) is 18.4. The summed E-state index contributed by atoms with van der Waals surface area (Å²) in [6.45, 7) is 0. The van der Waals surface area contributed by atoms with Crippen molar-refractivity contribution in [3.63, 3.8) is 0 Å². The molecular formula is C20H14BrN3O3S. The van der Waals surface area contributed by atoms with Crippen molar-refractivity contribution in [3.8, 4) is 0 Å². The molecule has 3 aromatic carbocycles. The number of hydrogen-bond acceptors (Lipinski definition) is 4. The van der Waals surface area contributed by atoms with Gasteiger partial charge >= 0.3 is 0 Å². The van der Waals surface area contributed by atoms with E-state index in [1.54, 1.807) is 54.6 Å². The van der Waals surface area contributed by atoms with Gasteiger partial charge in [-0.2, -0.15) is 8.42 Å². The first-order valence-electron chi connectivity index (χ1n) is 8.31. The van der Waals surface area contributed by atoms with E-state index in [9.17, 15) is 13.2 Å². The van der Waals surface area contributed by atoms with Gasteiger partial charge in [-0.3, -0.25) is 4.79 Å². The zero-order valence-electron chi connectivity index (χ0n) is 14.4. The predicted molar refractivity (Wildman–Crippen MR) is 112 cm³/mol. The van der Waals surface area contributed by atoms with Gasteiger partial charge in [0.05, 0.1) is 0 Å². The lowest BCUT2D eigenvalue weighted by atomic mass is 10.1. The molecule has 2 N–H and O–H groups in total. The number of benzene rings is 3. The molecule has 3 aromatic rings. The summed E-state index contributed by atoms with van der Waals surface area (Å²) in [5, 5.41) is 5.83. The van der Waals surface area contributed by atoms with Gasteiger partial charge in [-0.15, -0.1) is 4.40 Å². The SMILES string of the molecule is O=C(Nc1ccc(Br)cc1)c1ccc(NC2=NS(=O)(=O)c3ccccc32)cc1. The number of hydrogen-bond donors (Lipinski definition) is 2. The molecule has 0 bridgehead atoms. The Morgan fingerprint density at radius 3 is 2.21 bits per heavy atom. The summed E-state index contributed by atoms with van der Waals surface area (Å²) in [4.78, 5) is 12.5. The number of anilines is 2. The van der Waals surface area contributed by atoms with E-state index in [1.165, 1.54) is 6.07 Å². The number of fused-ring (bicyclic) bond motifs is 1. The smallest absolute Gasteiger partial charge is 0.285 e. The number of amidine groups is 1. The average Bonchev–Trinajstić information content (AvgIpc) is 2.95. The minimum absolute atomic E-state index is 0.183. The standard InChI is InChI=1S/C20H14BrN3O3S/c21-14-7-11-16(12-8-14)23-20(25)13-5-9-15(10-6-13)22-19-17-3-1-2-4-18(17)28(26,27)24-19/h1-12H,(H,22,24)(H,23,25). The number of halogens is 1. The third-order valence-electron chi connectivity index (χ3n) is 4.14. The van der Waals surface area contributed by atoms with Crippen molar-refractivity contribution in [1.82, 2.24) is 0 Å². The van der Waals surface area contributed by atoms with E-state index in [-0.39, 0.29) is 16.6 Å². The molecule has 0 spiro atoms. The summed E-state index contributed by atoms with van der Waals surface area (Å²) < 4.78 is 28.9. The molecule has 4 rings (SSSR count). The highest BCUT2D eigenvalue weighted by atomic mass is 79.9. The van der Waals surface area contributed by atoms with Crippen molar-refractivity contribution in [3.05, 3.63) is 88.4 Å². The van der Waals surface area contributed by atoms with Crippen molar-refractivity contribution in [2.24, 2.45) is 4.40 Å². The van der Waals surface area contributed by atoms with Crippen LogP contribution in [0.15, 0.2) is 86.6 Å². The molecule has 0 saturated heterocycles.